The first-order valence-electron chi connectivity index (χ1n) is 5.77. The zero-order valence-electron chi connectivity index (χ0n) is 10.5. The van der Waals surface area contributed by atoms with Crippen LogP contribution in [0.1, 0.15) is 18.5 Å². The summed E-state index contributed by atoms with van der Waals surface area (Å²) in [5.74, 6) is 0. The van der Waals surface area contributed by atoms with Crippen molar-refractivity contribution in [1.82, 2.24) is 9.71 Å². The Bertz CT molecular complexity index is 706. The third kappa shape index (κ3) is 3.49. The zero-order valence-corrected chi connectivity index (χ0v) is 12.9. The van der Waals surface area contributed by atoms with Gasteiger partial charge in [-0.2, -0.15) is 0 Å². The fourth-order valence-corrected chi connectivity index (χ4v) is 3.29. The number of rotatable bonds is 4. The van der Waals surface area contributed by atoms with E-state index in [0.717, 1.165) is 5.56 Å². The molecule has 0 aliphatic heterocycles. The molecule has 1 aromatic carbocycles. The molecule has 2 aromatic rings. The summed E-state index contributed by atoms with van der Waals surface area (Å²) in [5, 5.41) is 0.513. The van der Waals surface area contributed by atoms with Crippen LogP contribution in [0.25, 0.3) is 0 Å². The highest BCUT2D eigenvalue weighted by Gasteiger charge is 2.19. The van der Waals surface area contributed by atoms with Gasteiger partial charge in [-0.3, -0.25) is 4.98 Å². The fraction of sp³-hybridized carbons (Fsp3) is 0.154. The summed E-state index contributed by atoms with van der Waals surface area (Å²) >= 11 is 11.6. The van der Waals surface area contributed by atoms with Crippen LogP contribution in [0.4, 0.5) is 0 Å². The Morgan fingerprint density at radius 2 is 1.75 bits per heavy atom. The van der Waals surface area contributed by atoms with E-state index in [0.29, 0.717) is 5.02 Å². The zero-order chi connectivity index (χ0) is 14.8. The maximum Gasteiger partial charge on any atom is 0.241 e. The van der Waals surface area contributed by atoms with E-state index in [-0.39, 0.29) is 16.0 Å². The van der Waals surface area contributed by atoms with Gasteiger partial charge in [-0.25, -0.2) is 13.1 Å². The van der Waals surface area contributed by atoms with Crippen LogP contribution in [-0.4, -0.2) is 13.4 Å². The largest absolute Gasteiger partial charge is 0.265 e. The average Bonchev–Trinajstić information content (AvgIpc) is 2.42. The standard InChI is InChI=1S/C13H12Cl2N2O2S/c1-9(10-4-6-16-7-5-10)17-20(18,19)11-2-3-12(14)13(15)8-11/h2-9,17H,1H3. The van der Waals surface area contributed by atoms with Gasteiger partial charge < -0.3 is 0 Å². The molecule has 1 unspecified atom stereocenters. The van der Waals surface area contributed by atoms with E-state index >= 15 is 0 Å². The second-order valence-electron chi connectivity index (χ2n) is 4.20. The van der Waals surface area contributed by atoms with Gasteiger partial charge in [0, 0.05) is 18.4 Å². The summed E-state index contributed by atoms with van der Waals surface area (Å²) < 4.78 is 27.1. The molecule has 0 bridgehead atoms. The number of hydrogen-bond acceptors (Lipinski definition) is 3. The van der Waals surface area contributed by atoms with Crippen molar-refractivity contribution in [2.24, 2.45) is 0 Å². The minimum absolute atomic E-state index is 0.0767. The summed E-state index contributed by atoms with van der Waals surface area (Å²) in [5.41, 5.74) is 0.823. The Hall–Kier alpha value is -1.14. The van der Waals surface area contributed by atoms with E-state index in [2.05, 4.69) is 9.71 Å². The minimum Gasteiger partial charge on any atom is -0.265 e. The normalized spacial score (nSPS) is 13.2. The minimum atomic E-state index is -3.66. The van der Waals surface area contributed by atoms with Crippen molar-refractivity contribution >= 4 is 33.2 Å². The molecule has 0 fully saturated rings. The predicted molar refractivity (Wildman–Crippen MR) is 79.4 cm³/mol. The van der Waals surface area contributed by atoms with Gasteiger partial charge >= 0.3 is 0 Å². The van der Waals surface area contributed by atoms with E-state index < -0.39 is 10.0 Å². The molecule has 20 heavy (non-hydrogen) atoms. The molecule has 0 aliphatic rings. The van der Waals surface area contributed by atoms with Gasteiger partial charge in [0.05, 0.1) is 14.9 Å². The van der Waals surface area contributed by atoms with Gasteiger partial charge in [-0.1, -0.05) is 23.2 Å². The lowest BCUT2D eigenvalue weighted by atomic mass is 10.1. The topological polar surface area (TPSA) is 59.1 Å². The third-order valence-electron chi connectivity index (χ3n) is 2.74. The Kier molecular flexibility index (Phi) is 4.65. The summed E-state index contributed by atoms with van der Waals surface area (Å²) in [7, 11) is -3.66. The second kappa shape index (κ2) is 6.10. The number of halogens is 2. The molecule has 0 amide bonds. The Labute approximate surface area is 127 Å². The van der Waals surface area contributed by atoms with E-state index in [1.54, 1.807) is 31.5 Å². The molecule has 0 radical (unpaired) electrons. The predicted octanol–water partition coefficient (Wildman–Crippen LogP) is 3.43. The molecule has 1 aromatic heterocycles. The SMILES string of the molecule is CC(NS(=O)(=O)c1ccc(Cl)c(Cl)c1)c1ccncc1. The number of hydrogen-bond donors (Lipinski definition) is 1. The lowest BCUT2D eigenvalue weighted by Crippen LogP contribution is -2.26. The molecule has 1 N–H and O–H groups in total. The van der Waals surface area contributed by atoms with Gasteiger partial charge in [0.2, 0.25) is 10.0 Å². The van der Waals surface area contributed by atoms with Crippen LogP contribution in [-0.2, 0) is 10.0 Å². The Morgan fingerprint density at radius 1 is 1.10 bits per heavy atom. The molecule has 0 aliphatic carbocycles. The van der Waals surface area contributed by atoms with Gasteiger partial charge in [-0.15, -0.1) is 0 Å². The van der Waals surface area contributed by atoms with Crippen molar-refractivity contribution in [3.63, 3.8) is 0 Å². The number of sulfonamides is 1. The lowest BCUT2D eigenvalue weighted by molar-refractivity contribution is 0.567. The fourth-order valence-electron chi connectivity index (χ4n) is 1.66. The molecular weight excluding hydrogens is 319 g/mol. The van der Waals surface area contributed by atoms with Crippen molar-refractivity contribution in [3.05, 3.63) is 58.3 Å². The van der Waals surface area contributed by atoms with Crippen molar-refractivity contribution in [1.29, 1.82) is 0 Å². The summed E-state index contributed by atoms with van der Waals surface area (Å²) in [6.07, 6.45) is 3.22. The Morgan fingerprint density at radius 3 is 2.35 bits per heavy atom. The van der Waals surface area contributed by atoms with Crippen LogP contribution in [0.5, 0.6) is 0 Å². The molecule has 4 nitrogen and oxygen atoms in total. The number of pyridine rings is 1. The average molecular weight is 331 g/mol. The van der Waals surface area contributed by atoms with Crippen LogP contribution < -0.4 is 4.72 Å². The van der Waals surface area contributed by atoms with Gasteiger partial charge in [-0.05, 0) is 42.8 Å². The van der Waals surface area contributed by atoms with Crippen LogP contribution in [0.3, 0.4) is 0 Å². The summed E-state index contributed by atoms with van der Waals surface area (Å²) in [6, 6.07) is 7.32. The van der Waals surface area contributed by atoms with Crippen molar-refractivity contribution < 1.29 is 8.42 Å². The van der Waals surface area contributed by atoms with Gasteiger partial charge in [0.15, 0.2) is 0 Å². The second-order valence-corrected chi connectivity index (χ2v) is 6.73. The molecule has 0 spiro atoms. The van der Waals surface area contributed by atoms with Crippen molar-refractivity contribution in [2.45, 2.75) is 17.9 Å². The van der Waals surface area contributed by atoms with E-state index in [4.69, 9.17) is 23.2 Å². The van der Waals surface area contributed by atoms with Crippen LogP contribution in [0.15, 0.2) is 47.6 Å². The first-order valence-corrected chi connectivity index (χ1v) is 8.01. The third-order valence-corrected chi connectivity index (χ3v) is 5.02. The molecule has 1 atom stereocenters. The quantitative estimate of drug-likeness (QED) is 0.934. The first-order chi connectivity index (χ1) is 9.40. The van der Waals surface area contributed by atoms with Crippen molar-refractivity contribution in [2.75, 3.05) is 0 Å². The summed E-state index contributed by atoms with van der Waals surface area (Å²) in [4.78, 5) is 3.97. The first kappa shape index (κ1) is 15.3. The van der Waals surface area contributed by atoms with Gasteiger partial charge in [0.1, 0.15) is 0 Å². The maximum atomic E-state index is 12.3. The number of aromatic nitrogens is 1. The number of nitrogens with one attached hydrogen (secondary N) is 1. The van der Waals surface area contributed by atoms with E-state index in [1.165, 1.54) is 18.2 Å². The summed E-state index contributed by atoms with van der Waals surface area (Å²) in [6.45, 7) is 1.75. The monoisotopic (exact) mass is 330 g/mol. The maximum absolute atomic E-state index is 12.3. The molecule has 1 heterocycles. The van der Waals surface area contributed by atoms with E-state index in [1.807, 2.05) is 0 Å². The van der Waals surface area contributed by atoms with Crippen LogP contribution >= 0.6 is 23.2 Å². The highest BCUT2D eigenvalue weighted by Crippen LogP contribution is 2.25. The van der Waals surface area contributed by atoms with Gasteiger partial charge in [0.25, 0.3) is 0 Å². The highest BCUT2D eigenvalue weighted by molar-refractivity contribution is 7.89. The smallest absolute Gasteiger partial charge is 0.241 e. The lowest BCUT2D eigenvalue weighted by Gasteiger charge is -2.14. The number of benzene rings is 1. The molecule has 2 rings (SSSR count). The number of nitrogens with zero attached hydrogens (tertiary/aromatic N) is 1. The van der Waals surface area contributed by atoms with Crippen molar-refractivity contribution in [3.8, 4) is 0 Å². The Balaban J connectivity index is 2.25. The molecule has 0 saturated heterocycles. The van der Waals surface area contributed by atoms with E-state index in [9.17, 15) is 8.42 Å². The molecule has 106 valence electrons. The highest BCUT2D eigenvalue weighted by atomic mass is 35.5. The molecule has 0 saturated carbocycles. The van der Waals surface area contributed by atoms with Crippen LogP contribution in [0, 0.1) is 0 Å². The molecule has 7 heteroatoms. The molecular formula is C13H12Cl2N2O2S. The van der Waals surface area contributed by atoms with Crippen LogP contribution in [0.2, 0.25) is 10.0 Å².